The highest BCUT2D eigenvalue weighted by molar-refractivity contribution is 5.92. The number of amides is 1. The van der Waals surface area contributed by atoms with Gasteiger partial charge in [-0.25, -0.2) is 0 Å². The van der Waals surface area contributed by atoms with E-state index in [9.17, 15) is 4.79 Å². The number of aromatic nitrogens is 2. The van der Waals surface area contributed by atoms with Crippen LogP contribution >= 0.6 is 0 Å². The molecule has 2 rings (SSSR count). The SMILES string of the molecule is CCOc1nc(C(=O)N(C)[C@H](CC)c2ccncc2)co1. The third-order valence-corrected chi connectivity index (χ3v) is 3.24. The molecule has 0 spiro atoms. The van der Waals surface area contributed by atoms with E-state index >= 15 is 0 Å². The molecule has 112 valence electrons. The van der Waals surface area contributed by atoms with Gasteiger partial charge in [0.05, 0.1) is 12.6 Å². The van der Waals surface area contributed by atoms with Gasteiger partial charge >= 0.3 is 6.08 Å². The van der Waals surface area contributed by atoms with Crippen LogP contribution in [-0.4, -0.2) is 34.4 Å². The van der Waals surface area contributed by atoms with E-state index in [1.54, 1.807) is 24.3 Å². The average molecular weight is 289 g/mol. The van der Waals surface area contributed by atoms with E-state index in [0.29, 0.717) is 6.61 Å². The summed E-state index contributed by atoms with van der Waals surface area (Å²) in [4.78, 5) is 22.2. The van der Waals surface area contributed by atoms with Gasteiger partial charge in [-0.2, -0.15) is 4.98 Å². The lowest BCUT2D eigenvalue weighted by molar-refractivity contribution is 0.0719. The Balaban J connectivity index is 2.16. The van der Waals surface area contributed by atoms with Crippen molar-refractivity contribution < 1.29 is 13.9 Å². The Morgan fingerprint density at radius 2 is 2.10 bits per heavy atom. The van der Waals surface area contributed by atoms with Crippen LogP contribution in [0.1, 0.15) is 42.4 Å². The standard InChI is InChI=1S/C15H19N3O3/c1-4-13(11-6-8-16-9-7-11)18(3)14(19)12-10-21-15(17-12)20-5-2/h6-10,13H,4-5H2,1-3H3/t13-/m1/s1. The summed E-state index contributed by atoms with van der Waals surface area (Å²) in [6.07, 6.45) is 5.68. The van der Waals surface area contributed by atoms with Crippen molar-refractivity contribution in [1.82, 2.24) is 14.9 Å². The lowest BCUT2D eigenvalue weighted by Gasteiger charge is -2.26. The van der Waals surface area contributed by atoms with Crippen molar-refractivity contribution in [3.8, 4) is 6.08 Å². The van der Waals surface area contributed by atoms with Crippen molar-refractivity contribution in [2.75, 3.05) is 13.7 Å². The minimum Gasteiger partial charge on any atom is -0.450 e. The van der Waals surface area contributed by atoms with Crippen molar-refractivity contribution in [3.05, 3.63) is 42.0 Å². The summed E-state index contributed by atoms with van der Waals surface area (Å²) in [5, 5.41) is 0. The van der Waals surface area contributed by atoms with E-state index in [1.165, 1.54) is 6.26 Å². The summed E-state index contributed by atoms with van der Waals surface area (Å²) >= 11 is 0. The lowest BCUT2D eigenvalue weighted by atomic mass is 10.0. The zero-order valence-corrected chi connectivity index (χ0v) is 12.4. The first-order chi connectivity index (χ1) is 10.2. The Morgan fingerprint density at radius 3 is 2.71 bits per heavy atom. The van der Waals surface area contributed by atoms with Gasteiger partial charge in [0.2, 0.25) is 0 Å². The molecule has 0 unspecified atom stereocenters. The van der Waals surface area contributed by atoms with Crippen LogP contribution in [0.3, 0.4) is 0 Å². The molecular weight excluding hydrogens is 270 g/mol. The molecule has 0 fully saturated rings. The van der Waals surface area contributed by atoms with Gasteiger partial charge in [0.1, 0.15) is 6.26 Å². The third-order valence-electron chi connectivity index (χ3n) is 3.24. The second-order valence-corrected chi connectivity index (χ2v) is 4.55. The van der Waals surface area contributed by atoms with Crippen LogP contribution in [0.5, 0.6) is 6.08 Å². The van der Waals surface area contributed by atoms with Crippen LogP contribution in [-0.2, 0) is 0 Å². The van der Waals surface area contributed by atoms with Crippen LogP contribution in [0, 0.1) is 0 Å². The normalized spacial score (nSPS) is 12.0. The fourth-order valence-electron chi connectivity index (χ4n) is 2.19. The zero-order chi connectivity index (χ0) is 15.2. The maximum Gasteiger partial charge on any atom is 0.394 e. The van der Waals surface area contributed by atoms with E-state index in [-0.39, 0.29) is 23.7 Å². The zero-order valence-electron chi connectivity index (χ0n) is 12.4. The van der Waals surface area contributed by atoms with Crippen molar-refractivity contribution in [2.24, 2.45) is 0 Å². The van der Waals surface area contributed by atoms with Gasteiger partial charge in [-0.1, -0.05) is 6.92 Å². The molecule has 0 radical (unpaired) electrons. The Labute approximate surface area is 123 Å². The number of pyridine rings is 1. The predicted molar refractivity (Wildman–Crippen MR) is 77.0 cm³/mol. The molecule has 2 aromatic heterocycles. The highest BCUT2D eigenvalue weighted by Gasteiger charge is 2.24. The number of ether oxygens (including phenoxy) is 1. The predicted octanol–water partition coefficient (Wildman–Crippen LogP) is 2.69. The maximum atomic E-state index is 12.5. The van der Waals surface area contributed by atoms with E-state index in [2.05, 4.69) is 9.97 Å². The first kappa shape index (κ1) is 15.0. The monoisotopic (exact) mass is 289 g/mol. The molecular formula is C15H19N3O3. The number of hydrogen-bond acceptors (Lipinski definition) is 5. The topological polar surface area (TPSA) is 68.5 Å². The lowest BCUT2D eigenvalue weighted by Crippen LogP contribution is -2.31. The molecule has 0 saturated heterocycles. The summed E-state index contributed by atoms with van der Waals surface area (Å²) in [6, 6.07) is 3.78. The van der Waals surface area contributed by atoms with E-state index in [4.69, 9.17) is 9.15 Å². The van der Waals surface area contributed by atoms with Crippen LogP contribution in [0.4, 0.5) is 0 Å². The summed E-state index contributed by atoms with van der Waals surface area (Å²) in [5.41, 5.74) is 1.28. The highest BCUT2D eigenvalue weighted by atomic mass is 16.6. The van der Waals surface area contributed by atoms with Gasteiger partial charge in [-0.15, -0.1) is 0 Å². The molecule has 21 heavy (non-hydrogen) atoms. The van der Waals surface area contributed by atoms with Gasteiger partial charge in [0.25, 0.3) is 5.91 Å². The van der Waals surface area contributed by atoms with Gasteiger partial charge in [-0.05, 0) is 31.0 Å². The van der Waals surface area contributed by atoms with Crippen molar-refractivity contribution >= 4 is 5.91 Å². The van der Waals surface area contributed by atoms with Crippen molar-refractivity contribution in [1.29, 1.82) is 0 Å². The van der Waals surface area contributed by atoms with Crippen molar-refractivity contribution in [2.45, 2.75) is 26.3 Å². The number of nitrogens with zero attached hydrogens (tertiary/aromatic N) is 3. The first-order valence-corrected chi connectivity index (χ1v) is 6.92. The molecule has 1 amide bonds. The van der Waals surface area contributed by atoms with E-state index in [0.717, 1.165) is 12.0 Å². The van der Waals surface area contributed by atoms with E-state index < -0.39 is 0 Å². The summed E-state index contributed by atoms with van der Waals surface area (Å²) in [5.74, 6) is -0.201. The Hall–Kier alpha value is -2.37. The molecule has 6 nitrogen and oxygen atoms in total. The number of hydrogen-bond donors (Lipinski definition) is 0. The Bertz CT molecular complexity index is 583. The average Bonchev–Trinajstić information content (AvgIpc) is 2.97. The molecule has 2 heterocycles. The molecule has 0 aromatic carbocycles. The van der Waals surface area contributed by atoms with Crippen LogP contribution in [0.2, 0.25) is 0 Å². The van der Waals surface area contributed by atoms with Gasteiger partial charge in [0.15, 0.2) is 5.69 Å². The minimum absolute atomic E-state index is 0.0345. The quantitative estimate of drug-likeness (QED) is 0.817. The number of rotatable bonds is 6. The second-order valence-electron chi connectivity index (χ2n) is 4.55. The van der Waals surface area contributed by atoms with Crippen LogP contribution < -0.4 is 4.74 Å². The second kappa shape index (κ2) is 6.88. The van der Waals surface area contributed by atoms with Crippen LogP contribution in [0.15, 0.2) is 35.2 Å². The number of carbonyl (C=O) groups excluding carboxylic acids is 1. The highest BCUT2D eigenvalue weighted by Crippen LogP contribution is 2.24. The smallest absolute Gasteiger partial charge is 0.394 e. The van der Waals surface area contributed by atoms with Crippen LogP contribution in [0.25, 0.3) is 0 Å². The molecule has 6 heteroatoms. The van der Waals surface area contributed by atoms with Gasteiger partial charge in [0, 0.05) is 19.4 Å². The van der Waals surface area contributed by atoms with E-state index in [1.807, 2.05) is 26.0 Å². The third kappa shape index (κ3) is 3.39. The fourth-order valence-corrected chi connectivity index (χ4v) is 2.19. The molecule has 0 aliphatic carbocycles. The van der Waals surface area contributed by atoms with Crippen molar-refractivity contribution in [3.63, 3.8) is 0 Å². The summed E-state index contributed by atoms with van der Waals surface area (Å²) in [6.45, 7) is 4.30. The molecule has 0 saturated carbocycles. The molecule has 1 atom stereocenters. The maximum absolute atomic E-state index is 12.5. The molecule has 0 aliphatic heterocycles. The van der Waals surface area contributed by atoms with Gasteiger partial charge < -0.3 is 14.1 Å². The molecule has 0 bridgehead atoms. The number of carbonyl (C=O) groups is 1. The number of oxazole rings is 1. The largest absolute Gasteiger partial charge is 0.450 e. The Morgan fingerprint density at radius 1 is 1.38 bits per heavy atom. The Kier molecular flexibility index (Phi) is 4.92. The van der Waals surface area contributed by atoms with Gasteiger partial charge in [-0.3, -0.25) is 9.78 Å². The first-order valence-electron chi connectivity index (χ1n) is 6.92. The summed E-state index contributed by atoms with van der Waals surface area (Å²) in [7, 11) is 1.76. The summed E-state index contributed by atoms with van der Waals surface area (Å²) < 4.78 is 10.2. The minimum atomic E-state index is -0.201. The fraction of sp³-hybridized carbons (Fsp3) is 0.400. The molecule has 0 N–H and O–H groups in total. The molecule has 0 aliphatic rings. The molecule has 2 aromatic rings.